The van der Waals surface area contributed by atoms with Gasteiger partial charge in [-0.3, -0.25) is 14.6 Å². The van der Waals surface area contributed by atoms with Crippen molar-refractivity contribution < 1.29 is 19.1 Å². The number of hydrazine groups is 1. The Labute approximate surface area is 179 Å². The molecule has 9 heteroatoms. The van der Waals surface area contributed by atoms with Gasteiger partial charge in [0.25, 0.3) is 5.91 Å². The Kier molecular flexibility index (Phi) is 7.04. The van der Waals surface area contributed by atoms with Crippen molar-refractivity contribution in [3.63, 3.8) is 0 Å². The van der Waals surface area contributed by atoms with Crippen LogP contribution in [0.25, 0.3) is 0 Å². The molecule has 0 spiro atoms. The summed E-state index contributed by atoms with van der Waals surface area (Å²) in [6.07, 6.45) is 4.41. The summed E-state index contributed by atoms with van der Waals surface area (Å²) in [5, 5.41) is 3.00. The van der Waals surface area contributed by atoms with Crippen LogP contribution in [0.2, 0.25) is 0 Å². The van der Waals surface area contributed by atoms with E-state index in [0.29, 0.717) is 24.5 Å². The Morgan fingerprint density at radius 3 is 2.60 bits per heavy atom. The zero-order chi connectivity index (χ0) is 21.7. The number of rotatable bonds is 5. The average molecular weight is 429 g/mol. The second-order valence-electron chi connectivity index (χ2n) is 6.94. The number of amides is 2. The summed E-state index contributed by atoms with van der Waals surface area (Å²) in [6, 6.07) is 8.24. The molecular formula is C21H24N4O4S. The van der Waals surface area contributed by atoms with E-state index in [1.54, 1.807) is 6.26 Å². The number of carbonyl (C=O) groups is 3. The third kappa shape index (κ3) is 4.79. The first-order valence-corrected chi connectivity index (χ1v) is 10.8. The molecular weight excluding hydrogens is 404 g/mol. The van der Waals surface area contributed by atoms with Crippen LogP contribution >= 0.6 is 11.8 Å². The Morgan fingerprint density at radius 1 is 1.20 bits per heavy atom. The summed E-state index contributed by atoms with van der Waals surface area (Å²) >= 11 is 1.30. The van der Waals surface area contributed by atoms with Crippen LogP contribution < -0.4 is 0 Å². The number of benzene rings is 1. The van der Waals surface area contributed by atoms with Crippen LogP contribution in [0.4, 0.5) is 0 Å². The Hall–Kier alpha value is -2.94. The molecule has 3 rings (SSSR count). The predicted octanol–water partition coefficient (Wildman–Crippen LogP) is 2.27. The molecule has 0 saturated carbocycles. The molecule has 1 aromatic heterocycles. The molecule has 0 N–H and O–H groups in total. The zero-order valence-electron chi connectivity index (χ0n) is 17.2. The number of ether oxygens (including phenoxy) is 1. The van der Waals surface area contributed by atoms with Crippen molar-refractivity contribution in [1.29, 1.82) is 0 Å². The number of thioether (sulfide) groups is 1. The van der Waals surface area contributed by atoms with Crippen LogP contribution in [-0.2, 0) is 20.7 Å². The second kappa shape index (κ2) is 9.71. The predicted molar refractivity (Wildman–Crippen MR) is 112 cm³/mol. The smallest absolute Gasteiger partial charge is 0.330 e. The monoisotopic (exact) mass is 428 g/mol. The van der Waals surface area contributed by atoms with Gasteiger partial charge < -0.3 is 4.74 Å². The van der Waals surface area contributed by atoms with E-state index in [-0.39, 0.29) is 18.0 Å². The molecule has 1 fully saturated rings. The molecule has 8 nitrogen and oxygen atoms in total. The van der Waals surface area contributed by atoms with Gasteiger partial charge in [0.2, 0.25) is 5.91 Å². The average Bonchev–Trinajstić information content (AvgIpc) is 2.79. The van der Waals surface area contributed by atoms with Gasteiger partial charge in [-0.15, -0.1) is 0 Å². The number of aromatic nitrogens is 2. The second-order valence-corrected chi connectivity index (χ2v) is 7.71. The molecule has 1 saturated heterocycles. The highest BCUT2D eigenvalue weighted by atomic mass is 32.2. The van der Waals surface area contributed by atoms with Gasteiger partial charge in [-0.2, -0.15) is 0 Å². The molecule has 30 heavy (non-hydrogen) atoms. The SMILES string of the molecule is COC(=O)C1CCCN(C(=O)Cc2ccc(C)cc2)N1C(=O)c1ccnc(SC)n1. The number of hydrogen-bond donors (Lipinski definition) is 0. The minimum atomic E-state index is -0.883. The minimum Gasteiger partial charge on any atom is -0.467 e. The number of nitrogens with zero attached hydrogens (tertiary/aromatic N) is 4. The molecule has 0 bridgehead atoms. The Balaban J connectivity index is 1.92. The molecule has 158 valence electrons. The molecule has 2 heterocycles. The summed E-state index contributed by atoms with van der Waals surface area (Å²) in [6.45, 7) is 2.31. The summed E-state index contributed by atoms with van der Waals surface area (Å²) in [7, 11) is 1.27. The van der Waals surface area contributed by atoms with E-state index < -0.39 is 17.9 Å². The highest BCUT2D eigenvalue weighted by molar-refractivity contribution is 7.98. The quantitative estimate of drug-likeness (QED) is 0.410. The lowest BCUT2D eigenvalue weighted by molar-refractivity contribution is -0.165. The standard InChI is InChI=1S/C21H24N4O4S/c1-14-6-8-15(9-7-14)13-18(26)24-12-4-5-17(20(28)29-2)25(24)19(27)16-10-11-22-21(23-16)30-3/h6-11,17H,4-5,12-13H2,1-3H3. The number of esters is 1. The molecule has 1 aliphatic heterocycles. The van der Waals surface area contributed by atoms with Crippen LogP contribution in [0.5, 0.6) is 0 Å². The summed E-state index contributed by atoms with van der Waals surface area (Å²) in [5.74, 6) is -1.35. The van der Waals surface area contributed by atoms with Gasteiger partial charge in [0.15, 0.2) is 11.2 Å². The van der Waals surface area contributed by atoms with Crippen molar-refractivity contribution in [2.24, 2.45) is 0 Å². The van der Waals surface area contributed by atoms with Gasteiger partial charge in [0.1, 0.15) is 5.69 Å². The fraction of sp³-hybridized carbons (Fsp3) is 0.381. The fourth-order valence-corrected chi connectivity index (χ4v) is 3.69. The lowest BCUT2D eigenvalue weighted by atomic mass is 10.1. The first kappa shape index (κ1) is 21.8. The number of aryl methyl sites for hydroxylation is 1. The Morgan fingerprint density at radius 2 is 1.93 bits per heavy atom. The first-order chi connectivity index (χ1) is 14.4. The van der Waals surface area contributed by atoms with Crippen LogP contribution in [0.15, 0.2) is 41.7 Å². The molecule has 1 atom stereocenters. The van der Waals surface area contributed by atoms with Gasteiger partial charge in [-0.25, -0.2) is 19.8 Å². The largest absolute Gasteiger partial charge is 0.467 e. The van der Waals surface area contributed by atoms with Gasteiger partial charge in [-0.05, 0) is 37.7 Å². The van der Waals surface area contributed by atoms with E-state index >= 15 is 0 Å². The fourth-order valence-electron chi connectivity index (χ4n) is 3.33. The normalized spacial score (nSPS) is 16.3. The third-order valence-electron chi connectivity index (χ3n) is 4.88. The third-order valence-corrected chi connectivity index (χ3v) is 5.44. The first-order valence-electron chi connectivity index (χ1n) is 9.59. The summed E-state index contributed by atoms with van der Waals surface area (Å²) in [5.41, 5.74) is 2.06. The highest BCUT2D eigenvalue weighted by Gasteiger charge is 2.41. The molecule has 1 aliphatic rings. The molecule has 1 aromatic carbocycles. The van der Waals surface area contributed by atoms with E-state index in [9.17, 15) is 14.4 Å². The van der Waals surface area contributed by atoms with Crippen molar-refractivity contribution in [1.82, 2.24) is 20.0 Å². The molecule has 2 aromatic rings. The van der Waals surface area contributed by atoms with Gasteiger partial charge in [0, 0.05) is 12.7 Å². The Bertz CT molecular complexity index is 935. The highest BCUT2D eigenvalue weighted by Crippen LogP contribution is 2.23. The van der Waals surface area contributed by atoms with E-state index in [1.807, 2.05) is 31.2 Å². The molecule has 1 unspecified atom stereocenters. The van der Waals surface area contributed by atoms with Gasteiger partial charge in [-0.1, -0.05) is 41.6 Å². The van der Waals surface area contributed by atoms with Crippen LogP contribution in [0, 0.1) is 6.92 Å². The number of carbonyl (C=O) groups excluding carboxylic acids is 3. The topological polar surface area (TPSA) is 92.7 Å². The van der Waals surface area contributed by atoms with Crippen molar-refractivity contribution in [3.8, 4) is 0 Å². The lowest BCUT2D eigenvalue weighted by Crippen LogP contribution is -2.60. The van der Waals surface area contributed by atoms with Crippen LogP contribution in [0.3, 0.4) is 0 Å². The molecule has 0 aliphatic carbocycles. The zero-order valence-corrected chi connectivity index (χ0v) is 18.0. The van der Waals surface area contributed by atoms with Crippen molar-refractivity contribution >= 4 is 29.5 Å². The van der Waals surface area contributed by atoms with Crippen LogP contribution in [-0.4, -0.2) is 63.7 Å². The van der Waals surface area contributed by atoms with Crippen LogP contribution in [0.1, 0.15) is 34.5 Å². The number of hydrogen-bond acceptors (Lipinski definition) is 7. The maximum Gasteiger partial charge on any atom is 0.330 e. The van der Waals surface area contributed by atoms with Crippen molar-refractivity contribution in [2.75, 3.05) is 19.9 Å². The van der Waals surface area contributed by atoms with Gasteiger partial charge in [0.05, 0.1) is 13.5 Å². The van der Waals surface area contributed by atoms with E-state index in [4.69, 9.17) is 4.74 Å². The maximum absolute atomic E-state index is 13.3. The minimum absolute atomic E-state index is 0.123. The number of methoxy groups -OCH3 is 1. The van der Waals surface area contributed by atoms with E-state index in [2.05, 4.69) is 9.97 Å². The molecule has 0 radical (unpaired) electrons. The van der Waals surface area contributed by atoms with Crippen molar-refractivity contribution in [3.05, 3.63) is 53.3 Å². The summed E-state index contributed by atoms with van der Waals surface area (Å²) in [4.78, 5) is 47.2. The lowest BCUT2D eigenvalue weighted by Gasteiger charge is -2.42. The van der Waals surface area contributed by atoms with E-state index in [1.165, 1.54) is 41.2 Å². The summed E-state index contributed by atoms with van der Waals surface area (Å²) < 4.78 is 4.90. The van der Waals surface area contributed by atoms with Gasteiger partial charge >= 0.3 is 5.97 Å². The maximum atomic E-state index is 13.3. The molecule has 2 amide bonds. The van der Waals surface area contributed by atoms with E-state index in [0.717, 1.165) is 11.1 Å². The van der Waals surface area contributed by atoms with Crippen molar-refractivity contribution in [2.45, 2.75) is 37.4 Å².